The second-order valence-electron chi connectivity index (χ2n) is 6.89. The predicted molar refractivity (Wildman–Crippen MR) is 98.4 cm³/mol. The molecule has 1 spiro atoms. The minimum absolute atomic E-state index is 0.154. The SMILES string of the molecule is O=C1OC2(C3=CCC(O)C=C3OC3=C2CCC(O)=C3)c2ccc(Cl)c(Cl)c21. The normalized spacial score (nSPS) is 28.5. The minimum Gasteiger partial charge on any atom is -0.512 e. The van der Waals surface area contributed by atoms with E-state index in [-0.39, 0.29) is 21.4 Å². The highest BCUT2D eigenvalue weighted by Gasteiger charge is 2.57. The van der Waals surface area contributed by atoms with E-state index >= 15 is 0 Å². The van der Waals surface area contributed by atoms with Crippen LogP contribution in [0.1, 0.15) is 35.2 Å². The molecule has 0 aromatic heterocycles. The van der Waals surface area contributed by atoms with Crippen molar-refractivity contribution >= 4 is 29.2 Å². The van der Waals surface area contributed by atoms with E-state index in [1.54, 1.807) is 18.2 Å². The average molecular weight is 405 g/mol. The molecule has 1 aromatic carbocycles. The molecule has 0 fully saturated rings. The zero-order valence-corrected chi connectivity index (χ0v) is 15.5. The van der Waals surface area contributed by atoms with Crippen LogP contribution in [0.4, 0.5) is 0 Å². The number of allylic oxidation sites excluding steroid dienone is 2. The van der Waals surface area contributed by atoms with Crippen molar-refractivity contribution in [3.8, 4) is 0 Å². The lowest BCUT2D eigenvalue weighted by Gasteiger charge is -2.42. The van der Waals surface area contributed by atoms with Crippen molar-refractivity contribution in [3.63, 3.8) is 0 Å². The number of ether oxygens (including phenoxy) is 2. The fourth-order valence-corrected chi connectivity index (χ4v) is 4.60. The molecule has 2 unspecified atom stereocenters. The Labute approximate surface area is 164 Å². The van der Waals surface area contributed by atoms with Crippen LogP contribution < -0.4 is 0 Å². The second-order valence-corrected chi connectivity index (χ2v) is 7.67. The van der Waals surface area contributed by atoms with Crippen molar-refractivity contribution in [2.75, 3.05) is 0 Å². The number of benzene rings is 1. The zero-order valence-electron chi connectivity index (χ0n) is 14.0. The lowest BCUT2D eigenvalue weighted by molar-refractivity contribution is 0.0137. The maximum Gasteiger partial charge on any atom is 0.341 e. The summed E-state index contributed by atoms with van der Waals surface area (Å²) in [6.07, 6.45) is 5.49. The molecule has 2 aliphatic heterocycles. The third-order valence-corrected chi connectivity index (χ3v) is 6.15. The number of carbonyl (C=O) groups is 1. The molecule has 138 valence electrons. The molecule has 2 atom stereocenters. The van der Waals surface area contributed by atoms with Gasteiger partial charge in [0.15, 0.2) is 5.60 Å². The van der Waals surface area contributed by atoms with Crippen molar-refractivity contribution in [1.29, 1.82) is 0 Å². The number of carbonyl (C=O) groups excluding carboxylic acids is 1. The van der Waals surface area contributed by atoms with E-state index in [1.807, 2.05) is 6.08 Å². The maximum absolute atomic E-state index is 12.8. The topological polar surface area (TPSA) is 76.0 Å². The standard InChI is InChI=1S/C20H14Cl2O5/c21-14-6-5-13-17(18(14)22)19(25)27-20(13)11-3-1-9(23)7-15(11)26-16-8-10(24)2-4-12(16)20/h3,5-9,23-24H,1-2,4H2. The van der Waals surface area contributed by atoms with Crippen LogP contribution in [-0.2, 0) is 15.1 Å². The fourth-order valence-electron chi connectivity index (χ4n) is 4.20. The molecule has 4 aliphatic rings. The first kappa shape index (κ1) is 16.9. The molecule has 2 aliphatic carbocycles. The number of hydrogen-bond acceptors (Lipinski definition) is 5. The summed E-state index contributed by atoms with van der Waals surface area (Å²) in [5.74, 6) is 0.455. The molecular weight excluding hydrogens is 391 g/mol. The summed E-state index contributed by atoms with van der Waals surface area (Å²) in [4.78, 5) is 12.8. The largest absolute Gasteiger partial charge is 0.512 e. The van der Waals surface area contributed by atoms with Crippen molar-refractivity contribution in [1.82, 2.24) is 0 Å². The van der Waals surface area contributed by atoms with E-state index in [2.05, 4.69) is 0 Å². The van der Waals surface area contributed by atoms with E-state index in [9.17, 15) is 15.0 Å². The van der Waals surface area contributed by atoms with Gasteiger partial charge in [-0.05, 0) is 25.0 Å². The smallest absolute Gasteiger partial charge is 0.341 e. The van der Waals surface area contributed by atoms with Crippen LogP contribution in [0.2, 0.25) is 10.0 Å². The predicted octanol–water partition coefficient (Wildman–Crippen LogP) is 4.45. The monoisotopic (exact) mass is 404 g/mol. The Bertz CT molecular complexity index is 1030. The Morgan fingerprint density at radius 1 is 1.22 bits per heavy atom. The van der Waals surface area contributed by atoms with E-state index in [4.69, 9.17) is 32.7 Å². The first-order valence-electron chi connectivity index (χ1n) is 8.55. The van der Waals surface area contributed by atoms with Crippen LogP contribution in [0, 0.1) is 0 Å². The highest BCUT2D eigenvalue weighted by molar-refractivity contribution is 6.44. The van der Waals surface area contributed by atoms with Gasteiger partial charge in [0, 0.05) is 29.2 Å². The lowest BCUT2D eigenvalue weighted by atomic mass is 9.72. The summed E-state index contributed by atoms with van der Waals surface area (Å²) in [6, 6.07) is 3.38. The van der Waals surface area contributed by atoms with Crippen LogP contribution in [0.25, 0.3) is 0 Å². The zero-order chi connectivity index (χ0) is 18.9. The molecule has 0 saturated heterocycles. The van der Waals surface area contributed by atoms with Crippen LogP contribution in [0.5, 0.6) is 0 Å². The number of fused-ring (bicyclic) bond motifs is 5. The third-order valence-electron chi connectivity index (χ3n) is 5.35. The lowest BCUT2D eigenvalue weighted by Crippen LogP contribution is -2.39. The van der Waals surface area contributed by atoms with Gasteiger partial charge in [-0.1, -0.05) is 35.3 Å². The van der Waals surface area contributed by atoms with Gasteiger partial charge in [-0.2, -0.15) is 0 Å². The van der Waals surface area contributed by atoms with Gasteiger partial charge in [0.05, 0.1) is 27.5 Å². The van der Waals surface area contributed by atoms with Gasteiger partial charge >= 0.3 is 5.97 Å². The second kappa shape index (κ2) is 5.64. The molecule has 0 saturated carbocycles. The van der Waals surface area contributed by atoms with E-state index in [0.717, 1.165) is 5.57 Å². The molecular formula is C20H14Cl2O5. The van der Waals surface area contributed by atoms with Crippen LogP contribution in [0.15, 0.2) is 58.8 Å². The number of aliphatic hydroxyl groups excluding tert-OH is 2. The van der Waals surface area contributed by atoms with Crippen LogP contribution in [-0.4, -0.2) is 22.3 Å². The van der Waals surface area contributed by atoms with Gasteiger partial charge in [0.1, 0.15) is 11.5 Å². The first-order chi connectivity index (χ1) is 12.9. The van der Waals surface area contributed by atoms with Crippen LogP contribution in [0.3, 0.4) is 0 Å². The van der Waals surface area contributed by atoms with Gasteiger partial charge in [0.2, 0.25) is 0 Å². The number of halogens is 2. The summed E-state index contributed by atoms with van der Waals surface area (Å²) < 4.78 is 11.9. The molecule has 7 heteroatoms. The molecule has 27 heavy (non-hydrogen) atoms. The van der Waals surface area contributed by atoms with Crippen molar-refractivity contribution in [2.24, 2.45) is 0 Å². The summed E-state index contributed by atoms with van der Waals surface area (Å²) in [7, 11) is 0. The molecule has 1 aromatic rings. The fraction of sp³-hybridized carbons (Fsp3) is 0.250. The molecule has 0 radical (unpaired) electrons. The van der Waals surface area contributed by atoms with Gasteiger partial charge < -0.3 is 19.7 Å². The Morgan fingerprint density at radius 2 is 2.04 bits per heavy atom. The van der Waals surface area contributed by atoms with E-state index in [1.165, 1.54) is 6.08 Å². The van der Waals surface area contributed by atoms with Gasteiger partial charge in [-0.3, -0.25) is 0 Å². The molecule has 0 amide bonds. The molecule has 2 heterocycles. The third kappa shape index (κ3) is 2.19. The number of rotatable bonds is 0. The highest BCUT2D eigenvalue weighted by atomic mass is 35.5. The summed E-state index contributed by atoms with van der Waals surface area (Å²) in [5.41, 5.74) is 1.04. The van der Waals surface area contributed by atoms with Crippen molar-refractivity contribution in [2.45, 2.75) is 31.0 Å². The summed E-state index contributed by atoms with van der Waals surface area (Å²) in [5, 5.41) is 20.4. The highest BCUT2D eigenvalue weighted by Crippen LogP contribution is 2.58. The number of hydrogen-bond donors (Lipinski definition) is 2. The molecule has 5 rings (SSSR count). The van der Waals surface area contributed by atoms with Gasteiger partial charge in [-0.15, -0.1) is 0 Å². The maximum atomic E-state index is 12.8. The first-order valence-corrected chi connectivity index (χ1v) is 9.31. The Balaban J connectivity index is 1.85. The molecule has 5 nitrogen and oxygen atoms in total. The summed E-state index contributed by atoms with van der Waals surface area (Å²) in [6.45, 7) is 0. The molecule has 0 bridgehead atoms. The van der Waals surface area contributed by atoms with Gasteiger partial charge in [-0.25, -0.2) is 4.79 Å². The Kier molecular flexibility index (Phi) is 3.54. The number of esters is 1. The van der Waals surface area contributed by atoms with E-state index < -0.39 is 17.7 Å². The van der Waals surface area contributed by atoms with Gasteiger partial charge in [0.25, 0.3) is 0 Å². The average Bonchev–Trinajstić information content (AvgIpc) is 2.91. The minimum atomic E-state index is -1.20. The molecule has 2 N–H and O–H groups in total. The van der Waals surface area contributed by atoms with Crippen molar-refractivity contribution < 1.29 is 24.5 Å². The Hall–Kier alpha value is -2.21. The van der Waals surface area contributed by atoms with Crippen molar-refractivity contribution in [3.05, 3.63) is 80.0 Å². The Morgan fingerprint density at radius 3 is 2.85 bits per heavy atom. The number of aliphatic hydroxyl groups is 2. The van der Waals surface area contributed by atoms with E-state index in [0.29, 0.717) is 41.9 Å². The summed E-state index contributed by atoms with van der Waals surface area (Å²) >= 11 is 12.4. The van der Waals surface area contributed by atoms with Crippen LogP contribution >= 0.6 is 23.2 Å². The quantitative estimate of drug-likeness (QED) is 0.624.